The summed E-state index contributed by atoms with van der Waals surface area (Å²) in [7, 11) is 0. The van der Waals surface area contributed by atoms with Crippen LogP contribution < -0.4 is 15.1 Å². The molecule has 0 unspecified atom stereocenters. The van der Waals surface area contributed by atoms with E-state index in [-0.39, 0.29) is 12.5 Å². The summed E-state index contributed by atoms with van der Waals surface area (Å²) in [4.78, 5) is 30.4. The van der Waals surface area contributed by atoms with E-state index >= 15 is 0 Å². The molecule has 0 saturated carbocycles. The van der Waals surface area contributed by atoms with Crippen molar-refractivity contribution in [2.24, 2.45) is 0 Å². The second-order valence-electron chi connectivity index (χ2n) is 7.82. The largest absolute Gasteiger partial charge is 0.353 e. The molecule has 1 aromatic carbocycles. The van der Waals surface area contributed by atoms with Gasteiger partial charge in [0.2, 0.25) is 5.91 Å². The van der Waals surface area contributed by atoms with Crippen molar-refractivity contribution in [3.63, 3.8) is 0 Å². The van der Waals surface area contributed by atoms with Gasteiger partial charge in [-0.15, -0.1) is 0 Å². The van der Waals surface area contributed by atoms with Gasteiger partial charge in [0.05, 0.1) is 11.6 Å². The van der Waals surface area contributed by atoms with Crippen molar-refractivity contribution in [1.29, 1.82) is 0 Å². The SMILES string of the molecule is Cc1cccc(NC(=O)Cn2ncc3c(N4CCN(c5ccccn5)CC4)ncnc32)c1. The van der Waals surface area contributed by atoms with E-state index in [4.69, 9.17) is 0 Å². The molecule has 1 saturated heterocycles. The Bertz CT molecular complexity index is 1230. The Labute approximate surface area is 185 Å². The van der Waals surface area contributed by atoms with E-state index in [1.807, 2.05) is 55.6 Å². The normalized spacial score (nSPS) is 14.0. The fraction of sp³-hybridized carbons (Fsp3) is 0.261. The quantitative estimate of drug-likeness (QED) is 0.522. The Kier molecular flexibility index (Phi) is 5.37. The van der Waals surface area contributed by atoms with Crippen LogP contribution in [0.2, 0.25) is 0 Å². The van der Waals surface area contributed by atoms with Gasteiger partial charge in [-0.05, 0) is 36.8 Å². The van der Waals surface area contributed by atoms with Crippen LogP contribution in [-0.4, -0.2) is 56.8 Å². The van der Waals surface area contributed by atoms with Crippen LogP contribution in [0.3, 0.4) is 0 Å². The van der Waals surface area contributed by atoms with Gasteiger partial charge in [-0.3, -0.25) is 4.79 Å². The molecule has 0 radical (unpaired) electrons. The van der Waals surface area contributed by atoms with Gasteiger partial charge in [-0.25, -0.2) is 19.6 Å². The van der Waals surface area contributed by atoms with Gasteiger partial charge in [0.25, 0.3) is 0 Å². The van der Waals surface area contributed by atoms with Gasteiger partial charge in [0, 0.05) is 38.1 Å². The number of fused-ring (bicyclic) bond motifs is 1. The van der Waals surface area contributed by atoms with Crippen LogP contribution in [0.1, 0.15) is 5.56 Å². The van der Waals surface area contributed by atoms with Crippen molar-refractivity contribution in [1.82, 2.24) is 24.7 Å². The van der Waals surface area contributed by atoms with Crippen molar-refractivity contribution in [2.75, 3.05) is 41.3 Å². The van der Waals surface area contributed by atoms with Gasteiger partial charge in [-0.2, -0.15) is 5.10 Å². The predicted molar refractivity (Wildman–Crippen MR) is 124 cm³/mol. The molecule has 3 aromatic heterocycles. The molecule has 4 heterocycles. The Balaban J connectivity index is 1.30. The van der Waals surface area contributed by atoms with E-state index in [1.54, 1.807) is 17.2 Å². The molecular formula is C23H24N8O. The molecule has 0 atom stereocenters. The summed E-state index contributed by atoms with van der Waals surface area (Å²) in [6.07, 6.45) is 5.11. The van der Waals surface area contributed by atoms with Crippen molar-refractivity contribution >= 4 is 34.3 Å². The average molecular weight is 429 g/mol. The molecule has 0 bridgehead atoms. The van der Waals surface area contributed by atoms with Gasteiger partial charge in [0.1, 0.15) is 24.5 Å². The fourth-order valence-electron chi connectivity index (χ4n) is 4.00. The second-order valence-corrected chi connectivity index (χ2v) is 7.82. The van der Waals surface area contributed by atoms with Crippen LogP contribution in [0.25, 0.3) is 11.0 Å². The number of nitrogens with one attached hydrogen (secondary N) is 1. The zero-order valence-corrected chi connectivity index (χ0v) is 17.8. The highest BCUT2D eigenvalue weighted by atomic mass is 16.2. The molecule has 5 rings (SSSR count). The van der Waals surface area contributed by atoms with Crippen LogP contribution >= 0.6 is 0 Å². The van der Waals surface area contributed by atoms with Gasteiger partial charge in [-0.1, -0.05) is 18.2 Å². The third-order valence-corrected chi connectivity index (χ3v) is 5.56. The first kappa shape index (κ1) is 19.9. The van der Waals surface area contributed by atoms with E-state index in [1.165, 1.54) is 0 Å². The molecular weight excluding hydrogens is 404 g/mol. The summed E-state index contributed by atoms with van der Waals surface area (Å²) in [6.45, 7) is 5.43. The number of benzene rings is 1. The molecule has 0 spiro atoms. The number of amides is 1. The molecule has 162 valence electrons. The van der Waals surface area contributed by atoms with Gasteiger partial charge in [0.15, 0.2) is 5.65 Å². The van der Waals surface area contributed by atoms with Crippen molar-refractivity contribution in [3.8, 4) is 0 Å². The molecule has 9 heteroatoms. The summed E-state index contributed by atoms with van der Waals surface area (Å²) < 4.78 is 1.62. The molecule has 4 aromatic rings. The lowest BCUT2D eigenvalue weighted by molar-refractivity contribution is -0.116. The van der Waals surface area contributed by atoms with Crippen LogP contribution in [-0.2, 0) is 11.3 Å². The number of rotatable bonds is 5. The zero-order chi connectivity index (χ0) is 21.9. The van der Waals surface area contributed by atoms with E-state index in [0.717, 1.165) is 54.5 Å². The maximum atomic E-state index is 12.6. The number of nitrogens with zero attached hydrogens (tertiary/aromatic N) is 7. The number of aromatic nitrogens is 5. The topological polar surface area (TPSA) is 92.1 Å². The van der Waals surface area contributed by atoms with Crippen LogP contribution in [0.15, 0.2) is 61.2 Å². The zero-order valence-electron chi connectivity index (χ0n) is 17.8. The molecule has 9 nitrogen and oxygen atoms in total. The molecule has 32 heavy (non-hydrogen) atoms. The lowest BCUT2D eigenvalue weighted by atomic mass is 10.2. The lowest BCUT2D eigenvalue weighted by Gasteiger charge is -2.36. The Hall–Kier alpha value is -4.01. The van der Waals surface area contributed by atoms with Crippen molar-refractivity contribution in [3.05, 3.63) is 66.7 Å². The molecule has 1 fully saturated rings. The summed E-state index contributed by atoms with van der Waals surface area (Å²) in [5, 5.41) is 8.19. The summed E-state index contributed by atoms with van der Waals surface area (Å²) in [5.41, 5.74) is 2.52. The van der Waals surface area contributed by atoms with E-state index in [0.29, 0.717) is 5.65 Å². The predicted octanol–water partition coefficient (Wildman–Crippen LogP) is 2.50. The standard InChI is InChI=1S/C23H24N8O/c1-17-5-4-6-18(13-17)28-21(32)15-31-23-19(14-27-31)22(25-16-26-23)30-11-9-29(10-12-30)20-7-2-3-8-24-20/h2-8,13-14,16H,9-12,15H2,1H3,(H,28,32). The third kappa shape index (κ3) is 4.09. The van der Waals surface area contributed by atoms with Gasteiger partial charge >= 0.3 is 0 Å². The van der Waals surface area contributed by atoms with E-state index in [9.17, 15) is 4.79 Å². The molecule has 1 aliphatic heterocycles. The number of hydrogen-bond donors (Lipinski definition) is 1. The summed E-state index contributed by atoms with van der Waals surface area (Å²) in [5.74, 6) is 1.69. The molecule has 1 N–H and O–H groups in total. The van der Waals surface area contributed by atoms with E-state index in [2.05, 4.69) is 35.2 Å². The Morgan fingerprint density at radius 1 is 1.00 bits per heavy atom. The highest BCUT2D eigenvalue weighted by Gasteiger charge is 2.22. The number of aryl methyl sites for hydroxylation is 1. The highest BCUT2D eigenvalue weighted by Crippen LogP contribution is 2.24. The number of anilines is 3. The summed E-state index contributed by atoms with van der Waals surface area (Å²) >= 11 is 0. The number of piperazine rings is 1. The first-order valence-corrected chi connectivity index (χ1v) is 10.6. The maximum Gasteiger partial charge on any atom is 0.246 e. The monoisotopic (exact) mass is 428 g/mol. The summed E-state index contributed by atoms with van der Waals surface area (Å²) in [6, 6.07) is 13.7. The number of hydrogen-bond acceptors (Lipinski definition) is 7. The van der Waals surface area contributed by atoms with Crippen molar-refractivity contribution < 1.29 is 4.79 Å². The van der Waals surface area contributed by atoms with Crippen LogP contribution in [0.4, 0.5) is 17.3 Å². The van der Waals surface area contributed by atoms with Crippen molar-refractivity contribution in [2.45, 2.75) is 13.5 Å². The average Bonchev–Trinajstić information content (AvgIpc) is 3.22. The second kappa shape index (κ2) is 8.62. The van der Waals surface area contributed by atoms with E-state index < -0.39 is 0 Å². The fourth-order valence-corrected chi connectivity index (χ4v) is 4.00. The highest BCUT2D eigenvalue weighted by molar-refractivity contribution is 5.92. The third-order valence-electron chi connectivity index (χ3n) is 5.56. The Morgan fingerprint density at radius 2 is 1.84 bits per heavy atom. The number of carbonyl (C=O) groups excluding carboxylic acids is 1. The molecule has 1 aliphatic rings. The first-order valence-electron chi connectivity index (χ1n) is 10.6. The minimum atomic E-state index is -0.148. The van der Waals surface area contributed by atoms with Crippen LogP contribution in [0.5, 0.6) is 0 Å². The first-order chi connectivity index (χ1) is 15.7. The molecule has 0 aliphatic carbocycles. The minimum absolute atomic E-state index is 0.0847. The van der Waals surface area contributed by atoms with Crippen LogP contribution in [0, 0.1) is 6.92 Å². The Morgan fingerprint density at radius 3 is 2.62 bits per heavy atom. The maximum absolute atomic E-state index is 12.6. The molecule has 1 amide bonds. The van der Waals surface area contributed by atoms with Gasteiger partial charge < -0.3 is 15.1 Å². The number of carbonyl (C=O) groups is 1. The number of pyridine rings is 1. The smallest absolute Gasteiger partial charge is 0.246 e. The minimum Gasteiger partial charge on any atom is -0.353 e. The lowest BCUT2D eigenvalue weighted by Crippen LogP contribution is -2.47.